The molecule has 4 rings (SSSR count). The fourth-order valence-corrected chi connectivity index (χ4v) is 5.79. The Hall–Kier alpha value is -2.12. The largest absolute Gasteiger partial charge is 0.325 e. The van der Waals surface area contributed by atoms with Crippen LogP contribution >= 0.6 is 23.1 Å². The van der Waals surface area contributed by atoms with Gasteiger partial charge in [-0.2, -0.15) is 0 Å². The molecule has 0 radical (unpaired) electrons. The summed E-state index contributed by atoms with van der Waals surface area (Å²) in [5.74, 6) is -0.0972. The normalized spacial score (nSPS) is 14.3. The summed E-state index contributed by atoms with van der Waals surface area (Å²) >= 11 is 2.95. The molecule has 3 aromatic rings. The summed E-state index contributed by atoms with van der Waals surface area (Å²) in [6.45, 7) is 5.85. The standard InChI is InChI=1S/C21H23N3O2S2/c1-11-8-9-15(12(2)10-11)22-18(25)13(3)27-21-23-19-17(20(26)24(21)4)14-6-5-7-16(14)28-19/h8-10,13H,5-7H2,1-4H3,(H,22,25)/t13-/m1/s1. The lowest BCUT2D eigenvalue weighted by molar-refractivity contribution is -0.115. The van der Waals surface area contributed by atoms with Crippen LogP contribution in [0.3, 0.4) is 0 Å². The minimum Gasteiger partial charge on any atom is -0.325 e. The predicted octanol–water partition coefficient (Wildman–Crippen LogP) is 4.22. The molecule has 1 atom stereocenters. The third-order valence-electron chi connectivity index (χ3n) is 5.20. The number of carbonyl (C=O) groups is 1. The molecule has 1 aromatic carbocycles. The Morgan fingerprint density at radius 1 is 1.32 bits per heavy atom. The van der Waals surface area contributed by atoms with Gasteiger partial charge in [-0.15, -0.1) is 11.3 Å². The SMILES string of the molecule is Cc1ccc(NC(=O)[C@@H](C)Sc2nc3sc4c(c3c(=O)n2C)CCC4)c(C)c1. The molecule has 0 bridgehead atoms. The first-order valence-corrected chi connectivity index (χ1v) is 11.1. The maximum Gasteiger partial charge on any atom is 0.262 e. The molecule has 0 saturated heterocycles. The lowest BCUT2D eigenvalue weighted by Crippen LogP contribution is -2.25. The van der Waals surface area contributed by atoms with Crippen molar-refractivity contribution < 1.29 is 4.79 Å². The molecule has 2 heterocycles. The number of benzene rings is 1. The minimum absolute atomic E-state index is 0.00566. The average molecular weight is 414 g/mol. The van der Waals surface area contributed by atoms with Crippen LogP contribution in [0.25, 0.3) is 10.2 Å². The van der Waals surface area contributed by atoms with E-state index in [2.05, 4.69) is 5.32 Å². The topological polar surface area (TPSA) is 64.0 Å². The Morgan fingerprint density at radius 3 is 2.86 bits per heavy atom. The van der Waals surface area contributed by atoms with Gasteiger partial charge in [0, 0.05) is 17.6 Å². The number of thioether (sulfide) groups is 1. The molecule has 0 spiro atoms. The van der Waals surface area contributed by atoms with Gasteiger partial charge >= 0.3 is 0 Å². The van der Waals surface area contributed by atoms with Gasteiger partial charge in [0.25, 0.3) is 5.56 Å². The lowest BCUT2D eigenvalue weighted by Gasteiger charge is -2.15. The molecule has 1 aliphatic rings. The highest BCUT2D eigenvalue weighted by Crippen LogP contribution is 2.35. The van der Waals surface area contributed by atoms with E-state index in [1.54, 1.807) is 23.0 Å². The third kappa shape index (κ3) is 3.37. The summed E-state index contributed by atoms with van der Waals surface area (Å²) in [6.07, 6.45) is 3.12. The molecular weight excluding hydrogens is 390 g/mol. The summed E-state index contributed by atoms with van der Waals surface area (Å²) in [7, 11) is 1.74. The summed E-state index contributed by atoms with van der Waals surface area (Å²) in [5.41, 5.74) is 4.19. The number of aryl methyl sites for hydroxylation is 4. The zero-order valence-corrected chi connectivity index (χ0v) is 18.1. The maximum absolute atomic E-state index is 12.9. The fraction of sp³-hybridized carbons (Fsp3) is 0.381. The van der Waals surface area contributed by atoms with Gasteiger partial charge in [-0.05, 0) is 57.2 Å². The Balaban J connectivity index is 1.58. The first-order chi connectivity index (χ1) is 13.3. The van der Waals surface area contributed by atoms with E-state index < -0.39 is 0 Å². The molecule has 28 heavy (non-hydrogen) atoms. The van der Waals surface area contributed by atoms with Gasteiger partial charge in [0.05, 0.1) is 10.6 Å². The Morgan fingerprint density at radius 2 is 2.11 bits per heavy atom. The second-order valence-corrected chi connectivity index (χ2v) is 9.76. The van der Waals surface area contributed by atoms with Crippen LogP contribution in [-0.2, 0) is 24.7 Å². The predicted molar refractivity (Wildman–Crippen MR) is 117 cm³/mol. The highest BCUT2D eigenvalue weighted by Gasteiger charge is 2.24. The molecular formula is C21H23N3O2S2. The molecule has 1 N–H and O–H groups in total. The van der Waals surface area contributed by atoms with Gasteiger partial charge in [-0.25, -0.2) is 4.98 Å². The summed E-state index contributed by atoms with van der Waals surface area (Å²) in [6, 6.07) is 5.95. The summed E-state index contributed by atoms with van der Waals surface area (Å²) < 4.78 is 1.58. The van der Waals surface area contributed by atoms with Crippen LogP contribution in [0, 0.1) is 13.8 Å². The van der Waals surface area contributed by atoms with E-state index in [0.717, 1.165) is 46.3 Å². The van der Waals surface area contributed by atoms with Gasteiger partial charge in [-0.1, -0.05) is 29.5 Å². The molecule has 1 amide bonds. The number of nitrogens with one attached hydrogen (secondary N) is 1. The number of carbonyl (C=O) groups excluding carboxylic acids is 1. The summed E-state index contributed by atoms with van der Waals surface area (Å²) in [5, 5.41) is 3.97. The van der Waals surface area contributed by atoms with Crippen molar-refractivity contribution in [2.24, 2.45) is 7.05 Å². The number of fused-ring (bicyclic) bond motifs is 3. The van der Waals surface area contributed by atoms with Crippen LogP contribution in [0.4, 0.5) is 5.69 Å². The van der Waals surface area contributed by atoms with Crippen molar-refractivity contribution in [3.8, 4) is 0 Å². The molecule has 0 fully saturated rings. The molecule has 1 aliphatic carbocycles. The van der Waals surface area contributed by atoms with Crippen LogP contribution in [-0.4, -0.2) is 20.7 Å². The van der Waals surface area contributed by atoms with E-state index in [1.807, 2.05) is 39.0 Å². The zero-order chi connectivity index (χ0) is 20.0. The Bertz CT molecular complexity index is 1150. The van der Waals surface area contributed by atoms with Crippen LogP contribution in [0.15, 0.2) is 28.2 Å². The van der Waals surface area contributed by atoms with E-state index in [1.165, 1.54) is 22.2 Å². The van der Waals surface area contributed by atoms with Gasteiger partial charge in [0.15, 0.2) is 5.16 Å². The number of anilines is 1. The fourth-order valence-electron chi connectivity index (χ4n) is 3.61. The van der Waals surface area contributed by atoms with Gasteiger partial charge in [0.1, 0.15) is 4.83 Å². The third-order valence-corrected chi connectivity index (χ3v) is 7.53. The molecule has 0 unspecified atom stereocenters. The van der Waals surface area contributed by atoms with E-state index in [-0.39, 0.29) is 16.7 Å². The number of aromatic nitrogens is 2. The van der Waals surface area contributed by atoms with Crippen molar-refractivity contribution in [3.05, 3.63) is 50.1 Å². The average Bonchev–Trinajstić information content (AvgIpc) is 3.22. The molecule has 5 nitrogen and oxygen atoms in total. The number of rotatable bonds is 4. The highest BCUT2D eigenvalue weighted by molar-refractivity contribution is 8.00. The van der Waals surface area contributed by atoms with Crippen molar-refractivity contribution in [1.29, 1.82) is 0 Å². The number of thiophene rings is 1. The van der Waals surface area contributed by atoms with Crippen molar-refractivity contribution in [1.82, 2.24) is 9.55 Å². The minimum atomic E-state index is -0.372. The van der Waals surface area contributed by atoms with Crippen molar-refractivity contribution >= 4 is 44.9 Å². The van der Waals surface area contributed by atoms with Crippen molar-refractivity contribution in [3.63, 3.8) is 0 Å². The second kappa shape index (κ2) is 7.37. The Kier molecular flexibility index (Phi) is 5.05. The van der Waals surface area contributed by atoms with Crippen LogP contribution in [0.2, 0.25) is 0 Å². The Labute approximate surface area is 172 Å². The van der Waals surface area contributed by atoms with Crippen molar-refractivity contribution in [2.45, 2.75) is 50.4 Å². The molecule has 0 saturated carbocycles. The van der Waals surface area contributed by atoms with E-state index >= 15 is 0 Å². The maximum atomic E-state index is 12.9. The quantitative estimate of drug-likeness (QED) is 0.514. The van der Waals surface area contributed by atoms with Crippen LogP contribution in [0.5, 0.6) is 0 Å². The second-order valence-electron chi connectivity index (χ2n) is 7.36. The highest BCUT2D eigenvalue weighted by atomic mass is 32.2. The monoisotopic (exact) mass is 413 g/mol. The first-order valence-electron chi connectivity index (χ1n) is 9.41. The van der Waals surface area contributed by atoms with Crippen molar-refractivity contribution in [2.75, 3.05) is 5.32 Å². The molecule has 7 heteroatoms. The number of nitrogens with zero attached hydrogens (tertiary/aromatic N) is 2. The first kappa shape index (κ1) is 19.2. The van der Waals surface area contributed by atoms with Gasteiger partial charge in [0.2, 0.25) is 5.91 Å². The number of amides is 1. The van der Waals surface area contributed by atoms with Crippen LogP contribution in [0.1, 0.15) is 34.9 Å². The number of hydrogen-bond acceptors (Lipinski definition) is 5. The molecule has 2 aromatic heterocycles. The number of hydrogen-bond donors (Lipinski definition) is 1. The molecule has 146 valence electrons. The van der Waals surface area contributed by atoms with E-state index in [0.29, 0.717) is 5.16 Å². The van der Waals surface area contributed by atoms with E-state index in [9.17, 15) is 9.59 Å². The lowest BCUT2D eigenvalue weighted by atomic mass is 10.1. The van der Waals surface area contributed by atoms with Crippen LogP contribution < -0.4 is 10.9 Å². The van der Waals surface area contributed by atoms with Gasteiger partial charge in [-0.3, -0.25) is 14.2 Å². The molecule has 0 aliphatic heterocycles. The summed E-state index contributed by atoms with van der Waals surface area (Å²) in [4.78, 5) is 32.4. The van der Waals surface area contributed by atoms with Gasteiger partial charge < -0.3 is 5.32 Å². The smallest absolute Gasteiger partial charge is 0.262 e. The zero-order valence-electron chi connectivity index (χ0n) is 16.5. The van der Waals surface area contributed by atoms with E-state index in [4.69, 9.17) is 4.98 Å².